The topological polar surface area (TPSA) is 50.7 Å². The molecule has 1 aliphatic heterocycles. The Kier molecular flexibility index (Phi) is 3.92. The van der Waals surface area contributed by atoms with Gasteiger partial charge in [-0.15, -0.1) is 22.7 Å². The quantitative estimate of drug-likeness (QED) is 0.502. The van der Waals surface area contributed by atoms with E-state index in [2.05, 4.69) is 50.6 Å². The lowest BCUT2D eigenvalue weighted by atomic mass is 10.1. The Bertz CT molecular complexity index is 1100. The maximum Gasteiger partial charge on any atom is 0.142 e. The number of aromatic nitrogens is 3. The van der Waals surface area contributed by atoms with E-state index in [1.807, 2.05) is 17.3 Å². The summed E-state index contributed by atoms with van der Waals surface area (Å²) < 4.78 is 1.19. The van der Waals surface area contributed by atoms with Gasteiger partial charge in [0, 0.05) is 16.3 Å². The van der Waals surface area contributed by atoms with Crippen molar-refractivity contribution in [1.82, 2.24) is 15.0 Å². The lowest BCUT2D eigenvalue weighted by Crippen LogP contribution is -1.94. The van der Waals surface area contributed by atoms with Crippen LogP contribution in [-0.4, -0.2) is 26.5 Å². The van der Waals surface area contributed by atoms with E-state index in [-0.39, 0.29) is 0 Å². The molecule has 0 bridgehead atoms. The second-order valence-electron chi connectivity index (χ2n) is 5.77. The van der Waals surface area contributed by atoms with Gasteiger partial charge in [-0.05, 0) is 42.0 Å². The van der Waals surface area contributed by atoms with Crippen molar-refractivity contribution in [3.8, 4) is 0 Å². The highest BCUT2D eigenvalue weighted by Crippen LogP contribution is 2.36. The Morgan fingerprint density at radius 3 is 3.00 bits per heavy atom. The van der Waals surface area contributed by atoms with E-state index >= 15 is 0 Å². The van der Waals surface area contributed by atoms with Crippen LogP contribution in [0.2, 0.25) is 0 Å². The predicted molar refractivity (Wildman–Crippen MR) is 110 cm³/mol. The van der Waals surface area contributed by atoms with Gasteiger partial charge in [0.05, 0.1) is 21.1 Å². The number of fused-ring (bicyclic) bond motifs is 2. The molecule has 0 aliphatic carbocycles. The maximum absolute atomic E-state index is 4.47. The van der Waals surface area contributed by atoms with E-state index < -0.39 is 0 Å². The molecule has 4 heterocycles. The van der Waals surface area contributed by atoms with E-state index in [0.717, 1.165) is 39.4 Å². The molecule has 25 heavy (non-hydrogen) atoms. The van der Waals surface area contributed by atoms with Crippen LogP contribution in [0.3, 0.4) is 0 Å². The van der Waals surface area contributed by atoms with Crippen molar-refractivity contribution in [2.24, 2.45) is 0 Å². The highest BCUT2D eigenvalue weighted by Gasteiger charge is 2.13. The Morgan fingerprint density at radius 1 is 1.08 bits per heavy atom. The molecule has 124 valence electrons. The van der Waals surface area contributed by atoms with E-state index in [1.165, 1.54) is 20.9 Å². The van der Waals surface area contributed by atoms with Crippen molar-refractivity contribution in [2.45, 2.75) is 6.42 Å². The molecule has 1 N–H and O–H groups in total. The van der Waals surface area contributed by atoms with Crippen LogP contribution >= 0.6 is 34.4 Å². The summed E-state index contributed by atoms with van der Waals surface area (Å²) in [7, 11) is 0. The number of anilines is 2. The van der Waals surface area contributed by atoms with Crippen LogP contribution in [0.1, 0.15) is 11.3 Å². The Labute approximate surface area is 157 Å². The highest BCUT2D eigenvalue weighted by molar-refractivity contribution is 7.99. The van der Waals surface area contributed by atoms with Gasteiger partial charge in [-0.2, -0.15) is 11.8 Å². The van der Waals surface area contributed by atoms with Crippen LogP contribution in [0.15, 0.2) is 42.2 Å². The number of hydrogen-bond acceptors (Lipinski definition) is 7. The molecule has 0 fully saturated rings. The summed E-state index contributed by atoms with van der Waals surface area (Å²) in [6.07, 6.45) is 5.11. The molecule has 0 atom stereocenters. The minimum Gasteiger partial charge on any atom is -0.340 e. The van der Waals surface area contributed by atoms with E-state index in [1.54, 1.807) is 29.0 Å². The first-order valence-corrected chi connectivity index (χ1v) is 10.8. The first-order valence-electron chi connectivity index (χ1n) is 7.99. The second kappa shape index (κ2) is 6.40. The van der Waals surface area contributed by atoms with Crippen molar-refractivity contribution in [2.75, 3.05) is 16.8 Å². The minimum atomic E-state index is 0.855. The monoisotopic (exact) mass is 382 g/mol. The standard InChI is InChI=1S/C18H14N4S3/c1-2-15-14(21-10-24-15)7-12(1)22-17-13-8-16(11-3-5-23-6-4-11)25-18(13)20-9-19-17/h1-3,7-10H,4-6H2,(H,19,20,22). The van der Waals surface area contributed by atoms with Crippen LogP contribution in [0, 0.1) is 0 Å². The van der Waals surface area contributed by atoms with Gasteiger partial charge in [0.25, 0.3) is 0 Å². The molecule has 5 rings (SSSR count). The Balaban J connectivity index is 1.54. The number of thioether (sulfide) groups is 1. The largest absolute Gasteiger partial charge is 0.340 e. The number of hydrogen-bond donors (Lipinski definition) is 1. The van der Waals surface area contributed by atoms with Gasteiger partial charge in [-0.3, -0.25) is 0 Å². The average molecular weight is 383 g/mol. The smallest absolute Gasteiger partial charge is 0.142 e. The number of thiazole rings is 1. The number of benzene rings is 1. The molecule has 0 amide bonds. The van der Waals surface area contributed by atoms with Crippen LogP contribution in [0.5, 0.6) is 0 Å². The SMILES string of the molecule is C1=C(c2cc3c(Nc4ccc5scnc5c4)ncnc3s2)CCSC1. The summed E-state index contributed by atoms with van der Waals surface area (Å²) in [6, 6.07) is 8.46. The molecule has 0 radical (unpaired) electrons. The van der Waals surface area contributed by atoms with Crippen LogP contribution in [0.4, 0.5) is 11.5 Å². The molecule has 0 saturated carbocycles. The number of thiophene rings is 1. The first kappa shape index (κ1) is 15.3. The van der Waals surface area contributed by atoms with E-state index in [0.29, 0.717) is 0 Å². The lowest BCUT2D eigenvalue weighted by molar-refractivity contribution is 1.23. The van der Waals surface area contributed by atoms with Crippen LogP contribution in [-0.2, 0) is 0 Å². The summed E-state index contributed by atoms with van der Waals surface area (Å²) in [5, 5.41) is 4.53. The third-order valence-electron chi connectivity index (χ3n) is 4.20. The molecule has 4 nitrogen and oxygen atoms in total. The molecule has 0 unspecified atom stereocenters. The van der Waals surface area contributed by atoms with Crippen molar-refractivity contribution in [3.05, 3.63) is 47.1 Å². The summed E-state index contributed by atoms with van der Waals surface area (Å²) in [6.45, 7) is 0. The zero-order valence-corrected chi connectivity index (χ0v) is 15.7. The van der Waals surface area contributed by atoms with Crippen LogP contribution in [0.25, 0.3) is 26.0 Å². The van der Waals surface area contributed by atoms with Crippen LogP contribution < -0.4 is 5.32 Å². The molecule has 3 aromatic heterocycles. The highest BCUT2D eigenvalue weighted by atomic mass is 32.2. The molecule has 0 spiro atoms. The van der Waals surface area contributed by atoms with Crippen molar-refractivity contribution >= 4 is 71.9 Å². The fourth-order valence-corrected chi connectivity index (χ4v) is 5.51. The summed E-state index contributed by atoms with van der Waals surface area (Å²) in [5.41, 5.74) is 5.32. The Morgan fingerprint density at radius 2 is 2.08 bits per heavy atom. The first-order chi connectivity index (χ1) is 12.4. The van der Waals surface area contributed by atoms with Gasteiger partial charge in [-0.1, -0.05) is 6.08 Å². The molecule has 1 aromatic carbocycles. The predicted octanol–water partition coefficient (Wildman–Crippen LogP) is 5.56. The van der Waals surface area contributed by atoms with Gasteiger partial charge >= 0.3 is 0 Å². The molecule has 1 aliphatic rings. The van der Waals surface area contributed by atoms with E-state index in [9.17, 15) is 0 Å². The van der Waals surface area contributed by atoms with E-state index in [4.69, 9.17) is 0 Å². The maximum atomic E-state index is 4.47. The number of nitrogens with one attached hydrogen (secondary N) is 1. The van der Waals surface area contributed by atoms with Crippen molar-refractivity contribution in [3.63, 3.8) is 0 Å². The third-order valence-corrected chi connectivity index (χ3v) is 7.03. The van der Waals surface area contributed by atoms with Crippen molar-refractivity contribution in [1.29, 1.82) is 0 Å². The van der Waals surface area contributed by atoms with Gasteiger partial charge in [0.2, 0.25) is 0 Å². The zero-order chi connectivity index (χ0) is 16.6. The molecule has 7 heteroatoms. The lowest BCUT2D eigenvalue weighted by Gasteiger charge is -2.09. The fourth-order valence-electron chi connectivity index (χ4n) is 2.94. The minimum absolute atomic E-state index is 0.855. The number of rotatable bonds is 3. The van der Waals surface area contributed by atoms with Gasteiger partial charge in [-0.25, -0.2) is 15.0 Å². The zero-order valence-electron chi connectivity index (χ0n) is 13.2. The molecular formula is C18H14N4S3. The van der Waals surface area contributed by atoms with Gasteiger partial charge in [0.15, 0.2) is 0 Å². The number of allylic oxidation sites excluding steroid dienone is 1. The average Bonchev–Trinajstić information content (AvgIpc) is 3.29. The van der Waals surface area contributed by atoms with Gasteiger partial charge < -0.3 is 5.32 Å². The number of nitrogens with zero attached hydrogens (tertiary/aromatic N) is 3. The fraction of sp³-hybridized carbons (Fsp3) is 0.167. The Hall–Kier alpha value is -1.96. The molecule has 0 saturated heterocycles. The summed E-state index contributed by atoms with van der Waals surface area (Å²) in [4.78, 5) is 15.7. The normalized spacial score (nSPS) is 14.8. The summed E-state index contributed by atoms with van der Waals surface area (Å²) >= 11 is 5.40. The van der Waals surface area contributed by atoms with Crippen molar-refractivity contribution < 1.29 is 0 Å². The molecular weight excluding hydrogens is 368 g/mol. The third kappa shape index (κ3) is 2.92. The summed E-state index contributed by atoms with van der Waals surface area (Å²) in [5.74, 6) is 3.16. The molecule has 4 aromatic rings. The van der Waals surface area contributed by atoms with Gasteiger partial charge in [0.1, 0.15) is 17.0 Å². The second-order valence-corrected chi connectivity index (χ2v) is 8.83.